The van der Waals surface area contributed by atoms with E-state index in [1.807, 2.05) is 36.4 Å². The van der Waals surface area contributed by atoms with Crippen LogP contribution >= 0.6 is 0 Å². The van der Waals surface area contributed by atoms with Crippen molar-refractivity contribution in [1.29, 1.82) is 0 Å². The van der Waals surface area contributed by atoms with Gasteiger partial charge in [-0.05, 0) is 24.8 Å². The number of nitrogens with two attached hydrogens (primary N) is 1. The van der Waals surface area contributed by atoms with Gasteiger partial charge in [-0.15, -0.1) is 0 Å². The molecule has 0 saturated heterocycles. The third-order valence-corrected chi connectivity index (χ3v) is 3.47. The van der Waals surface area contributed by atoms with Crippen LogP contribution in [0.15, 0.2) is 60.7 Å². The predicted molar refractivity (Wildman–Crippen MR) is 82.7 cm³/mol. The number of rotatable bonds is 7. The molecule has 0 heterocycles. The predicted octanol–water partition coefficient (Wildman–Crippen LogP) is 3.61. The minimum atomic E-state index is -0.381. The second-order valence-corrected chi connectivity index (χ2v) is 5.07. The maximum absolute atomic E-state index is 12.1. The van der Waals surface area contributed by atoms with Crippen LogP contribution in [0.3, 0.4) is 0 Å². The molecule has 2 aromatic carbocycles. The number of benzene rings is 2. The molecule has 0 aliphatic rings. The number of ketones is 1. The van der Waals surface area contributed by atoms with Crippen molar-refractivity contribution in [3.05, 3.63) is 71.8 Å². The van der Waals surface area contributed by atoms with Gasteiger partial charge in [0.2, 0.25) is 0 Å². The molecule has 0 aliphatic carbocycles. The first kappa shape index (κ1) is 14.5. The first-order valence-electron chi connectivity index (χ1n) is 7.16. The normalized spacial score (nSPS) is 12.1. The van der Waals surface area contributed by atoms with E-state index in [9.17, 15) is 4.79 Å². The Labute approximate surface area is 120 Å². The van der Waals surface area contributed by atoms with Crippen molar-refractivity contribution in [3.63, 3.8) is 0 Å². The second kappa shape index (κ2) is 7.61. The van der Waals surface area contributed by atoms with Crippen molar-refractivity contribution in [1.82, 2.24) is 0 Å². The van der Waals surface area contributed by atoms with Gasteiger partial charge >= 0.3 is 0 Å². The van der Waals surface area contributed by atoms with Crippen molar-refractivity contribution >= 4 is 5.78 Å². The van der Waals surface area contributed by atoms with Gasteiger partial charge in [0.15, 0.2) is 5.78 Å². The highest BCUT2D eigenvalue weighted by molar-refractivity contribution is 5.99. The van der Waals surface area contributed by atoms with Gasteiger partial charge in [-0.1, -0.05) is 67.1 Å². The van der Waals surface area contributed by atoms with E-state index in [0.29, 0.717) is 5.56 Å². The fraction of sp³-hybridized carbons (Fsp3) is 0.278. The fourth-order valence-corrected chi connectivity index (χ4v) is 2.29. The molecule has 20 heavy (non-hydrogen) atoms. The number of aryl methyl sites for hydroxylation is 1. The topological polar surface area (TPSA) is 43.1 Å². The average molecular weight is 267 g/mol. The van der Waals surface area contributed by atoms with E-state index in [1.54, 1.807) is 0 Å². The summed E-state index contributed by atoms with van der Waals surface area (Å²) in [6.45, 7) is 0. The third kappa shape index (κ3) is 4.32. The lowest BCUT2D eigenvalue weighted by Crippen LogP contribution is -2.30. The van der Waals surface area contributed by atoms with Gasteiger partial charge < -0.3 is 5.73 Å². The quantitative estimate of drug-likeness (QED) is 0.615. The van der Waals surface area contributed by atoms with Crippen LogP contribution in [0.5, 0.6) is 0 Å². The van der Waals surface area contributed by atoms with Gasteiger partial charge in [-0.25, -0.2) is 0 Å². The van der Waals surface area contributed by atoms with Crippen LogP contribution in [0.2, 0.25) is 0 Å². The maximum Gasteiger partial charge on any atom is 0.179 e. The van der Waals surface area contributed by atoms with E-state index in [-0.39, 0.29) is 11.8 Å². The summed E-state index contributed by atoms with van der Waals surface area (Å²) in [7, 11) is 0. The SMILES string of the molecule is NC(CCCCc1ccccc1)C(=O)c1ccccc1. The number of unbranched alkanes of at least 4 members (excludes halogenated alkanes) is 1. The number of hydrogen-bond donors (Lipinski definition) is 1. The summed E-state index contributed by atoms with van der Waals surface area (Å²) in [5.74, 6) is 0.0466. The lowest BCUT2D eigenvalue weighted by molar-refractivity contribution is 0.0956. The average Bonchev–Trinajstić information content (AvgIpc) is 2.52. The molecule has 104 valence electrons. The van der Waals surface area contributed by atoms with Gasteiger partial charge in [0, 0.05) is 5.56 Å². The van der Waals surface area contributed by atoms with Crippen LogP contribution in [0.1, 0.15) is 35.2 Å². The van der Waals surface area contributed by atoms with E-state index < -0.39 is 0 Å². The smallest absolute Gasteiger partial charge is 0.179 e. The van der Waals surface area contributed by atoms with Gasteiger partial charge in [-0.3, -0.25) is 4.79 Å². The zero-order valence-electron chi connectivity index (χ0n) is 11.7. The standard InChI is InChI=1S/C18H21NO/c19-17(18(20)16-12-5-2-6-13-16)14-8-7-11-15-9-3-1-4-10-15/h1-6,9-10,12-13,17H,7-8,11,14,19H2. The molecule has 1 atom stereocenters. The van der Waals surface area contributed by atoms with Gasteiger partial charge in [0.05, 0.1) is 6.04 Å². The summed E-state index contributed by atoms with van der Waals surface area (Å²) in [5.41, 5.74) is 8.03. The molecular formula is C18H21NO. The van der Waals surface area contributed by atoms with Crippen LogP contribution in [-0.4, -0.2) is 11.8 Å². The molecule has 0 spiro atoms. The first-order chi connectivity index (χ1) is 9.77. The van der Waals surface area contributed by atoms with E-state index in [0.717, 1.165) is 25.7 Å². The van der Waals surface area contributed by atoms with Crippen molar-refractivity contribution in [2.45, 2.75) is 31.7 Å². The van der Waals surface area contributed by atoms with E-state index in [4.69, 9.17) is 5.73 Å². The highest BCUT2D eigenvalue weighted by atomic mass is 16.1. The van der Waals surface area contributed by atoms with E-state index in [1.165, 1.54) is 5.56 Å². The molecule has 0 fully saturated rings. The molecular weight excluding hydrogens is 246 g/mol. The van der Waals surface area contributed by atoms with Gasteiger partial charge in [0.1, 0.15) is 0 Å². The molecule has 2 N–H and O–H groups in total. The molecule has 0 bridgehead atoms. The number of carbonyl (C=O) groups is 1. The number of carbonyl (C=O) groups excluding carboxylic acids is 1. The zero-order valence-corrected chi connectivity index (χ0v) is 11.7. The van der Waals surface area contributed by atoms with Gasteiger partial charge in [-0.2, -0.15) is 0 Å². The van der Waals surface area contributed by atoms with Crippen molar-refractivity contribution in [2.24, 2.45) is 5.73 Å². The summed E-state index contributed by atoms with van der Waals surface area (Å²) < 4.78 is 0. The Morgan fingerprint density at radius 2 is 1.50 bits per heavy atom. The number of hydrogen-bond acceptors (Lipinski definition) is 2. The number of Topliss-reactive ketones (excluding diaryl/α,β-unsaturated/α-hetero) is 1. The Hall–Kier alpha value is -1.93. The van der Waals surface area contributed by atoms with Gasteiger partial charge in [0.25, 0.3) is 0 Å². The molecule has 0 radical (unpaired) electrons. The van der Waals surface area contributed by atoms with Crippen LogP contribution < -0.4 is 5.73 Å². The monoisotopic (exact) mass is 267 g/mol. The molecule has 0 aliphatic heterocycles. The zero-order chi connectivity index (χ0) is 14.2. The molecule has 2 nitrogen and oxygen atoms in total. The Morgan fingerprint density at radius 3 is 2.15 bits per heavy atom. The highest BCUT2D eigenvalue weighted by Gasteiger charge is 2.14. The molecule has 2 rings (SSSR count). The molecule has 2 heteroatoms. The largest absolute Gasteiger partial charge is 0.321 e. The van der Waals surface area contributed by atoms with E-state index >= 15 is 0 Å². The summed E-state index contributed by atoms with van der Waals surface area (Å²) in [6.07, 6.45) is 3.85. The minimum Gasteiger partial charge on any atom is -0.321 e. The third-order valence-electron chi connectivity index (χ3n) is 3.47. The second-order valence-electron chi connectivity index (χ2n) is 5.07. The Kier molecular flexibility index (Phi) is 5.51. The van der Waals surface area contributed by atoms with Crippen LogP contribution in [0.25, 0.3) is 0 Å². The summed E-state index contributed by atoms with van der Waals surface area (Å²) in [5, 5.41) is 0. The molecule has 0 amide bonds. The highest BCUT2D eigenvalue weighted by Crippen LogP contribution is 2.10. The summed E-state index contributed by atoms with van der Waals surface area (Å²) >= 11 is 0. The Bertz CT molecular complexity index is 522. The summed E-state index contributed by atoms with van der Waals surface area (Å²) in [4.78, 5) is 12.1. The van der Waals surface area contributed by atoms with Crippen LogP contribution in [-0.2, 0) is 6.42 Å². The Balaban J connectivity index is 1.73. The maximum atomic E-state index is 12.1. The van der Waals surface area contributed by atoms with Crippen LogP contribution in [0, 0.1) is 0 Å². The minimum absolute atomic E-state index is 0.0466. The first-order valence-corrected chi connectivity index (χ1v) is 7.16. The van der Waals surface area contributed by atoms with Crippen molar-refractivity contribution in [2.75, 3.05) is 0 Å². The van der Waals surface area contributed by atoms with Crippen molar-refractivity contribution in [3.8, 4) is 0 Å². The molecule has 2 aromatic rings. The Morgan fingerprint density at radius 1 is 0.900 bits per heavy atom. The summed E-state index contributed by atoms with van der Waals surface area (Å²) in [6, 6.07) is 19.3. The fourth-order valence-electron chi connectivity index (χ4n) is 2.29. The van der Waals surface area contributed by atoms with Crippen LogP contribution in [0.4, 0.5) is 0 Å². The molecule has 1 unspecified atom stereocenters. The lowest BCUT2D eigenvalue weighted by Gasteiger charge is -2.10. The lowest BCUT2D eigenvalue weighted by atomic mass is 9.99. The molecule has 0 saturated carbocycles. The van der Waals surface area contributed by atoms with E-state index in [2.05, 4.69) is 24.3 Å². The molecule has 0 aromatic heterocycles. The van der Waals surface area contributed by atoms with Crippen molar-refractivity contribution < 1.29 is 4.79 Å².